The van der Waals surface area contributed by atoms with Gasteiger partial charge in [-0.15, -0.1) is 22.7 Å². The maximum atomic E-state index is 11.2. The third-order valence-corrected chi connectivity index (χ3v) is 4.28. The molecule has 1 N–H and O–H groups in total. The SMILES string of the molecule is COC(=O)Cc1ccc(C=Cc2csc(NC(C)=O)n2)s1. The van der Waals surface area contributed by atoms with Crippen LogP contribution in [0.15, 0.2) is 17.5 Å². The van der Waals surface area contributed by atoms with E-state index < -0.39 is 0 Å². The van der Waals surface area contributed by atoms with Crippen molar-refractivity contribution in [2.75, 3.05) is 12.4 Å². The largest absolute Gasteiger partial charge is 0.469 e. The highest BCUT2D eigenvalue weighted by atomic mass is 32.1. The first-order chi connectivity index (χ1) is 10.1. The summed E-state index contributed by atoms with van der Waals surface area (Å²) in [6.07, 6.45) is 4.09. The van der Waals surface area contributed by atoms with Crippen molar-refractivity contribution in [3.63, 3.8) is 0 Å². The predicted octanol–water partition coefficient (Wildman–Crippen LogP) is 3.05. The number of carbonyl (C=O) groups excluding carboxylic acids is 2. The number of nitrogens with one attached hydrogen (secondary N) is 1. The predicted molar refractivity (Wildman–Crippen MR) is 85.4 cm³/mol. The van der Waals surface area contributed by atoms with Crippen LogP contribution in [0.4, 0.5) is 5.13 Å². The summed E-state index contributed by atoms with van der Waals surface area (Å²) in [6.45, 7) is 1.45. The van der Waals surface area contributed by atoms with Crippen molar-refractivity contribution in [2.45, 2.75) is 13.3 Å². The van der Waals surface area contributed by atoms with Gasteiger partial charge in [0.25, 0.3) is 0 Å². The third-order valence-electron chi connectivity index (χ3n) is 2.45. The average Bonchev–Trinajstić information content (AvgIpc) is 3.05. The molecule has 0 spiro atoms. The molecule has 7 heteroatoms. The topological polar surface area (TPSA) is 68.3 Å². The molecule has 0 bridgehead atoms. The summed E-state index contributed by atoms with van der Waals surface area (Å²) in [5.74, 6) is -0.377. The molecule has 0 aromatic carbocycles. The molecule has 1 amide bonds. The number of hydrogen-bond donors (Lipinski definition) is 1. The smallest absolute Gasteiger partial charge is 0.310 e. The number of ether oxygens (including phenoxy) is 1. The maximum absolute atomic E-state index is 11.2. The first-order valence-electron chi connectivity index (χ1n) is 6.13. The highest BCUT2D eigenvalue weighted by molar-refractivity contribution is 7.14. The average molecular weight is 322 g/mol. The zero-order chi connectivity index (χ0) is 15.2. The lowest BCUT2D eigenvalue weighted by atomic mass is 10.3. The van der Waals surface area contributed by atoms with E-state index >= 15 is 0 Å². The van der Waals surface area contributed by atoms with E-state index in [0.717, 1.165) is 15.4 Å². The number of methoxy groups -OCH3 is 1. The van der Waals surface area contributed by atoms with Gasteiger partial charge in [0.15, 0.2) is 5.13 Å². The Morgan fingerprint density at radius 1 is 1.38 bits per heavy atom. The van der Waals surface area contributed by atoms with Gasteiger partial charge in [0.2, 0.25) is 5.91 Å². The molecule has 0 atom stereocenters. The second kappa shape index (κ2) is 7.14. The number of anilines is 1. The van der Waals surface area contributed by atoms with E-state index in [1.165, 1.54) is 36.7 Å². The second-order valence-corrected chi connectivity index (χ2v) is 6.21. The fourth-order valence-corrected chi connectivity index (χ4v) is 3.16. The highest BCUT2D eigenvalue weighted by Gasteiger charge is 2.05. The van der Waals surface area contributed by atoms with E-state index in [0.29, 0.717) is 11.6 Å². The third kappa shape index (κ3) is 4.80. The summed E-state index contributed by atoms with van der Waals surface area (Å²) < 4.78 is 4.63. The van der Waals surface area contributed by atoms with Crippen molar-refractivity contribution in [3.05, 3.63) is 33.0 Å². The van der Waals surface area contributed by atoms with Crippen LogP contribution in [0.5, 0.6) is 0 Å². The van der Waals surface area contributed by atoms with E-state index in [1.807, 2.05) is 29.7 Å². The highest BCUT2D eigenvalue weighted by Crippen LogP contribution is 2.21. The van der Waals surface area contributed by atoms with E-state index in [2.05, 4.69) is 15.0 Å². The fourth-order valence-electron chi connectivity index (χ4n) is 1.53. The Labute approximate surface area is 130 Å². The maximum Gasteiger partial charge on any atom is 0.310 e. The number of amides is 1. The van der Waals surface area contributed by atoms with Gasteiger partial charge in [0.05, 0.1) is 19.2 Å². The summed E-state index contributed by atoms with van der Waals surface area (Å²) in [6, 6.07) is 3.85. The van der Waals surface area contributed by atoms with Gasteiger partial charge in [-0.25, -0.2) is 4.98 Å². The number of esters is 1. The van der Waals surface area contributed by atoms with Crippen LogP contribution in [0.3, 0.4) is 0 Å². The quantitative estimate of drug-likeness (QED) is 0.859. The molecule has 2 aromatic heterocycles. The normalized spacial score (nSPS) is 10.8. The molecule has 2 rings (SSSR count). The van der Waals surface area contributed by atoms with Crippen LogP contribution in [-0.2, 0) is 20.7 Å². The summed E-state index contributed by atoms with van der Waals surface area (Å²) in [5.41, 5.74) is 0.784. The van der Waals surface area contributed by atoms with Gasteiger partial charge in [-0.2, -0.15) is 0 Å². The summed E-state index contributed by atoms with van der Waals surface area (Å²) in [5, 5.41) is 5.09. The van der Waals surface area contributed by atoms with Crippen molar-refractivity contribution in [1.29, 1.82) is 0 Å². The molecule has 2 aromatic rings. The minimum absolute atomic E-state index is 0.134. The molecule has 0 unspecified atom stereocenters. The van der Waals surface area contributed by atoms with Gasteiger partial charge in [0.1, 0.15) is 0 Å². The van der Waals surface area contributed by atoms with Gasteiger partial charge in [-0.05, 0) is 24.3 Å². The number of nitrogens with zero attached hydrogens (tertiary/aromatic N) is 1. The van der Waals surface area contributed by atoms with Gasteiger partial charge >= 0.3 is 5.97 Å². The second-order valence-electron chi connectivity index (χ2n) is 4.15. The number of hydrogen-bond acceptors (Lipinski definition) is 6. The first-order valence-corrected chi connectivity index (χ1v) is 7.83. The molecule has 0 aliphatic heterocycles. The Morgan fingerprint density at radius 3 is 2.90 bits per heavy atom. The van der Waals surface area contributed by atoms with Gasteiger partial charge < -0.3 is 10.1 Å². The van der Waals surface area contributed by atoms with Crippen LogP contribution in [0.25, 0.3) is 12.2 Å². The van der Waals surface area contributed by atoms with Crippen LogP contribution in [0, 0.1) is 0 Å². The molecule has 0 saturated carbocycles. The zero-order valence-electron chi connectivity index (χ0n) is 11.6. The van der Waals surface area contributed by atoms with Crippen LogP contribution < -0.4 is 5.32 Å². The van der Waals surface area contributed by atoms with Crippen LogP contribution in [0.1, 0.15) is 22.4 Å². The number of thiazole rings is 1. The lowest BCUT2D eigenvalue weighted by Crippen LogP contribution is -2.04. The number of rotatable bonds is 5. The van der Waals surface area contributed by atoms with Crippen molar-refractivity contribution < 1.29 is 14.3 Å². The number of carbonyl (C=O) groups is 2. The van der Waals surface area contributed by atoms with E-state index in [-0.39, 0.29) is 11.9 Å². The van der Waals surface area contributed by atoms with Gasteiger partial charge in [0, 0.05) is 22.1 Å². The lowest BCUT2D eigenvalue weighted by molar-refractivity contribution is -0.139. The Balaban J connectivity index is 1.99. The molecule has 0 aliphatic rings. The monoisotopic (exact) mass is 322 g/mol. The Kier molecular flexibility index (Phi) is 5.24. The minimum atomic E-state index is -0.244. The van der Waals surface area contributed by atoms with E-state index in [1.54, 1.807) is 0 Å². The molecule has 0 fully saturated rings. The van der Waals surface area contributed by atoms with E-state index in [9.17, 15) is 9.59 Å². The Bertz CT molecular complexity index is 673. The zero-order valence-corrected chi connectivity index (χ0v) is 13.2. The molecule has 0 saturated heterocycles. The fraction of sp³-hybridized carbons (Fsp3) is 0.214. The molecule has 0 aliphatic carbocycles. The van der Waals surface area contributed by atoms with Crippen LogP contribution >= 0.6 is 22.7 Å². The molecule has 110 valence electrons. The van der Waals surface area contributed by atoms with E-state index in [4.69, 9.17) is 0 Å². The van der Waals surface area contributed by atoms with Crippen molar-refractivity contribution in [2.24, 2.45) is 0 Å². The van der Waals surface area contributed by atoms with Crippen LogP contribution in [0.2, 0.25) is 0 Å². The summed E-state index contributed by atoms with van der Waals surface area (Å²) in [4.78, 5) is 28.4. The molecule has 0 radical (unpaired) electrons. The van der Waals surface area contributed by atoms with Gasteiger partial charge in [-0.1, -0.05) is 0 Å². The van der Waals surface area contributed by atoms with Gasteiger partial charge in [-0.3, -0.25) is 9.59 Å². The summed E-state index contributed by atoms with van der Waals surface area (Å²) >= 11 is 2.91. The van der Waals surface area contributed by atoms with Crippen LogP contribution in [-0.4, -0.2) is 24.0 Å². The molecule has 21 heavy (non-hydrogen) atoms. The number of thiophene rings is 1. The molecule has 2 heterocycles. The lowest BCUT2D eigenvalue weighted by Gasteiger charge is -1.94. The Hall–Kier alpha value is -1.99. The standard InChI is InChI=1S/C14H14N2O3S2/c1-9(17)15-14-16-10(8-20-14)3-4-11-5-6-12(21-11)7-13(18)19-2/h3-6,8H,7H2,1-2H3,(H,15,16,17). The summed E-state index contributed by atoms with van der Waals surface area (Å²) in [7, 11) is 1.38. The van der Waals surface area contributed by atoms with Crippen molar-refractivity contribution in [3.8, 4) is 0 Å². The molecule has 5 nitrogen and oxygen atoms in total. The number of aromatic nitrogens is 1. The van der Waals surface area contributed by atoms with Crippen molar-refractivity contribution >= 4 is 51.8 Å². The Morgan fingerprint density at radius 2 is 2.19 bits per heavy atom. The van der Waals surface area contributed by atoms with Crippen molar-refractivity contribution in [1.82, 2.24) is 4.98 Å². The molecular weight excluding hydrogens is 308 g/mol. The molecular formula is C14H14N2O3S2. The first kappa shape index (κ1) is 15.4. The minimum Gasteiger partial charge on any atom is -0.469 e.